The summed E-state index contributed by atoms with van der Waals surface area (Å²) in [6, 6.07) is 0. The Morgan fingerprint density at radius 1 is 1.26 bits per heavy atom. The number of carbonyl (C=O) groups excluding carboxylic acids is 1. The van der Waals surface area contributed by atoms with Crippen LogP contribution < -0.4 is 0 Å². The zero-order valence-corrected chi connectivity index (χ0v) is 15.1. The third kappa shape index (κ3) is 2.12. The van der Waals surface area contributed by atoms with Crippen LogP contribution in [0.4, 0.5) is 0 Å². The van der Waals surface area contributed by atoms with Crippen molar-refractivity contribution < 1.29 is 14.6 Å². The first-order valence-electron chi connectivity index (χ1n) is 8.75. The fraction of sp³-hybridized carbons (Fsp3) is 0.750. The Morgan fingerprint density at radius 3 is 2.52 bits per heavy atom. The maximum Gasteiger partial charge on any atom is 0.161 e. The normalized spacial score (nSPS) is 51.7. The zero-order chi connectivity index (χ0) is 17.3. The molecule has 0 spiro atoms. The highest BCUT2D eigenvalue weighted by molar-refractivity contribution is 5.95. The number of allylic oxidation sites excluding steroid dienone is 2. The lowest BCUT2D eigenvalue weighted by molar-refractivity contribution is -0.268. The van der Waals surface area contributed by atoms with Crippen LogP contribution in [-0.2, 0) is 9.53 Å². The molecule has 0 radical (unpaired) electrons. The third-order valence-corrected chi connectivity index (χ3v) is 7.25. The van der Waals surface area contributed by atoms with Gasteiger partial charge in [-0.3, -0.25) is 4.79 Å². The van der Waals surface area contributed by atoms with E-state index < -0.39 is 11.7 Å². The second-order valence-corrected chi connectivity index (χ2v) is 8.98. The van der Waals surface area contributed by atoms with Crippen molar-refractivity contribution in [3.63, 3.8) is 0 Å². The van der Waals surface area contributed by atoms with E-state index in [4.69, 9.17) is 4.74 Å². The first-order valence-corrected chi connectivity index (χ1v) is 8.75. The molecule has 0 aromatic carbocycles. The molecule has 3 aliphatic rings. The molecule has 2 fully saturated rings. The van der Waals surface area contributed by atoms with E-state index >= 15 is 0 Å². The highest BCUT2D eigenvalue weighted by atomic mass is 16.5. The smallest absolute Gasteiger partial charge is 0.161 e. The topological polar surface area (TPSA) is 46.5 Å². The average Bonchev–Trinajstić information content (AvgIpc) is 2.46. The molecule has 3 nitrogen and oxygen atoms in total. The van der Waals surface area contributed by atoms with Crippen molar-refractivity contribution in [2.24, 2.45) is 22.7 Å². The number of ether oxygens (including phenoxy) is 1. The number of rotatable bonds is 1. The molecular formula is C20H30O3. The molecule has 0 aromatic heterocycles. The summed E-state index contributed by atoms with van der Waals surface area (Å²) in [5, 5.41) is 10.7. The second-order valence-electron chi connectivity index (χ2n) is 8.98. The summed E-state index contributed by atoms with van der Waals surface area (Å²) in [7, 11) is 0. The van der Waals surface area contributed by atoms with Crippen LogP contribution in [-0.4, -0.2) is 28.2 Å². The number of aliphatic hydroxyl groups is 1. The molecule has 23 heavy (non-hydrogen) atoms. The lowest BCUT2D eigenvalue weighted by Crippen LogP contribution is -2.65. The van der Waals surface area contributed by atoms with Crippen molar-refractivity contribution in [2.45, 2.75) is 71.2 Å². The van der Waals surface area contributed by atoms with E-state index in [1.165, 1.54) is 0 Å². The highest BCUT2D eigenvalue weighted by Crippen LogP contribution is 2.63. The van der Waals surface area contributed by atoms with Gasteiger partial charge in [0, 0.05) is 5.41 Å². The fourth-order valence-corrected chi connectivity index (χ4v) is 5.66. The number of hydrogen-bond acceptors (Lipinski definition) is 3. The molecule has 1 heterocycles. The molecule has 0 unspecified atom stereocenters. The summed E-state index contributed by atoms with van der Waals surface area (Å²) in [5.41, 5.74) is -1.48. The highest BCUT2D eigenvalue weighted by Gasteiger charge is 2.63. The molecule has 0 aromatic rings. The molecule has 0 bridgehead atoms. The van der Waals surface area contributed by atoms with Crippen molar-refractivity contribution >= 4 is 5.78 Å². The van der Waals surface area contributed by atoms with Gasteiger partial charge in [0.1, 0.15) is 5.60 Å². The number of ketones is 1. The van der Waals surface area contributed by atoms with E-state index in [1.54, 1.807) is 12.2 Å². The predicted octanol–water partition coefficient (Wildman–Crippen LogP) is 3.67. The van der Waals surface area contributed by atoms with Crippen molar-refractivity contribution in [3.8, 4) is 0 Å². The van der Waals surface area contributed by atoms with Crippen LogP contribution in [0, 0.1) is 22.7 Å². The fourth-order valence-electron chi connectivity index (χ4n) is 5.66. The minimum absolute atomic E-state index is 0.131. The van der Waals surface area contributed by atoms with Gasteiger partial charge in [0.05, 0.1) is 11.7 Å². The lowest BCUT2D eigenvalue weighted by atomic mass is 9.46. The summed E-state index contributed by atoms with van der Waals surface area (Å²) < 4.78 is 6.45. The minimum atomic E-state index is -0.696. The van der Waals surface area contributed by atoms with E-state index in [9.17, 15) is 9.90 Å². The first-order chi connectivity index (χ1) is 10.5. The molecule has 3 rings (SSSR count). The zero-order valence-electron chi connectivity index (χ0n) is 15.1. The molecular weight excluding hydrogens is 288 g/mol. The monoisotopic (exact) mass is 318 g/mol. The van der Waals surface area contributed by atoms with Gasteiger partial charge in [0.2, 0.25) is 0 Å². The molecule has 1 aliphatic heterocycles. The summed E-state index contributed by atoms with van der Waals surface area (Å²) in [6.07, 6.45) is 7.59. The Balaban J connectivity index is 2.06. The van der Waals surface area contributed by atoms with E-state index in [2.05, 4.69) is 40.3 Å². The van der Waals surface area contributed by atoms with Gasteiger partial charge in [-0.2, -0.15) is 0 Å². The van der Waals surface area contributed by atoms with Gasteiger partial charge in [-0.25, -0.2) is 0 Å². The first kappa shape index (κ1) is 16.9. The van der Waals surface area contributed by atoms with E-state index in [1.807, 2.05) is 6.92 Å². The van der Waals surface area contributed by atoms with Crippen LogP contribution >= 0.6 is 0 Å². The van der Waals surface area contributed by atoms with Gasteiger partial charge in [-0.05, 0) is 56.4 Å². The number of hydrogen-bond donors (Lipinski definition) is 1. The molecule has 0 amide bonds. The quantitative estimate of drug-likeness (QED) is 0.750. The second kappa shape index (κ2) is 4.80. The summed E-state index contributed by atoms with van der Waals surface area (Å²) >= 11 is 0. The van der Waals surface area contributed by atoms with Crippen LogP contribution in [0.15, 0.2) is 24.8 Å². The van der Waals surface area contributed by atoms with Crippen molar-refractivity contribution in [3.05, 3.63) is 24.8 Å². The average molecular weight is 318 g/mol. The Labute approximate surface area is 139 Å². The number of carbonyl (C=O) groups is 1. The van der Waals surface area contributed by atoms with Gasteiger partial charge in [0.15, 0.2) is 5.78 Å². The standard InChI is InChI=1S/C20H30O3/c1-7-19(5)16(22)12-14-18(4)10-9-15(21)17(2,3)13(18)8-11-20(14,6)23-19/h7,9-10,13-14,16,22H,1,8,11-12H2,2-6H3/t13-,14+,16-,18-,19-,20+/m1/s1. The Kier molecular flexibility index (Phi) is 3.53. The van der Waals surface area contributed by atoms with Crippen LogP contribution in [0.1, 0.15) is 53.9 Å². The molecule has 1 N–H and O–H groups in total. The molecule has 3 heteroatoms. The van der Waals surface area contributed by atoms with Gasteiger partial charge in [-0.1, -0.05) is 32.9 Å². The van der Waals surface area contributed by atoms with Crippen LogP contribution in [0.5, 0.6) is 0 Å². The SMILES string of the molecule is C=C[C@@]1(C)O[C@@]2(C)CC[C@@H]3C(C)(C)C(=O)C=C[C@@]3(C)[C@@H]2C[C@H]1O. The molecule has 2 aliphatic carbocycles. The summed E-state index contributed by atoms with van der Waals surface area (Å²) in [4.78, 5) is 12.4. The van der Waals surface area contributed by atoms with Gasteiger partial charge >= 0.3 is 0 Å². The summed E-state index contributed by atoms with van der Waals surface area (Å²) in [5.74, 6) is 0.701. The number of aliphatic hydroxyl groups excluding tert-OH is 1. The maximum absolute atomic E-state index is 12.4. The van der Waals surface area contributed by atoms with Gasteiger partial charge in [-0.15, -0.1) is 6.58 Å². The molecule has 1 saturated heterocycles. The summed E-state index contributed by atoms with van der Waals surface area (Å²) in [6.45, 7) is 14.3. The van der Waals surface area contributed by atoms with E-state index in [0.717, 1.165) is 12.8 Å². The van der Waals surface area contributed by atoms with E-state index in [0.29, 0.717) is 6.42 Å². The third-order valence-electron chi connectivity index (χ3n) is 7.25. The Morgan fingerprint density at radius 2 is 1.91 bits per heavy atom. The Bertz CT molecular complexity index is 577. The van der Waals surface area contributed by atoms with Crippen molar-refractivity contribution in [1.29, 1.82) is 0 Å². The lowest BCUT2D eigenvalue weighted by Gasteiger charge is -2.63. The van der Waals surface area contributed by atoms with Crippen LogP contribution in [0.25, 0.3) is 0 Å². The molecule has 128 valence electrons. The minimum Gasteiger partial charge on any atom is -0.390 e. The molecule has 6 atom stereocenters. The molecule has 1 saturated carbocycles. The van der Waals surface area contributed by atoms with Crippen LogP contribution in [0.2, 0.25) is 0 Å². The van der Waals surface area contributed by atoms with Crippen LogP contribution in [0.3, 0.4) is 0 Å². The number of fused-ring (bicyclic) bond motifs is 3. The maximum atomic E-state index is 12.4. The largest absolute Gasteiger partial charge is 0.390 e. The predicted molar refractivity (Wildman–Crippen MR) is 91.0 cm³/mol. The van der Waals surface area contributed by atoms with Gasteiger partial charge in [0.25, 0.3) is 0 Å². The van der Waals surface area contributed by atoms with E-state index in [-0.39, 0.29) is 34.1 Å². The van der Waals surface area contributed by atoms with Gasteiger partial charge < -0.3 is 9.84 Å². The van der Waals surface area contributed by atoms with Crippen molar-refractivity contribution in [2.75, 3.05) is 0 Å². The van der Waals surface area contributed by atoms with Crippen molar-refractivity contribution in [1.82, 2.24) is 0 Å². The Hall–Kier alpha value is -0.930.